The number of carbonyl (C=O) groups excluding carboxylic acids is 1. The van der Waals surface area contributed by atoms with Crippen LogP contribution in [-0.2, 0) is 4.79 Å². The average Bonchev–Trinajstić information content (AvgIpc) is 2.50. The van der Waals surface area contributed by atoms with Crippen molar-refractivity contribution in [3.05, 3.63) is 29.8 Å². The van der Waals surface area contributed by atoms with E-state index in [2.05, 4.69) is 44.1 Å². The molecular weight excluding hydrogens is 260 g/mol. The monoisotopic (exact) mass is 290 g/mol. The third-order valence-corrected chi connectivity index (χ3v) is 3.99. The summed E-state index contributed by atoms with van der Waals surface area (Å²) in [5.41, 5.74) is 2.20. The molecule has 0 radical (unpaired) electrons. The highest BCUT2D eigenvalue weighted by atomic mass is 16.1. The van der Waals surface area contributed by atoms with E-state index in [0.29, 0.717) is 12.3 Å². The van der Waals surface area contributed by atoms with Gasteiger partial charge in [-0.25, -0.2) is 0 Å². The smallest absolute Gasteiger partial charge is 0.225 e. The second-order valence-corrected chi connectivity index (χ2v) is 5.85. The SMILES string of the molecule is CCCCN(C)CCC(=O)Nc1ccccc1C(C)CC. The molecule has 1 unspecified atom stereocenters. The van der Waals surface area contributed by atoms with Crippen LogP contribution in [0.3, 0.4) is 0 Å². The molecule has 1 aromatic carbocycles. The largest absolute Gasteiger partial charge is 0.326 e. The molecule has 0 aromatic heterocycles. The number of rotatable bonds is 9. The van der Waals surface area contributed by atoms with Crippen molar-refractivity contribution < 1.29 is 4.79 Å². The number of anilines is 1. The molecule has 0 saturated heterocycles. The lowest BCUT2D eigenvalue weighted by Gasteiger charge is -2.18. The lowest BCUT2D eigenvalue weighted by atomic mass is 9.97. The van der Waals surface area contributed by atoms with Crippen molar-refractivity contribution in [2.24, 2.45) is 0 Å². The molecule has 1 rings (SSSR count). The summed E-state index contributed by atoms with van der Waals surface area (Å²) in [4.78, 5) is 14.3. The van der Waals surface area contributed by atoms with Gasteiger partial charge in [0.15, 0.2) is 0 Å². The van der Waals surface area contributed by atoms with Crippen LogP contribution in [0.2, 0.25) is 0 Å². The fourth-order valence-corrected chi connectivity index (χ4v) is 2.31. The predicted octanol–water partition coefficient (Wildman–Crippen LogP) is 4.26. The van der Waals surface area contributed by atoms with Gasteiger partial charge in [-0.1, -0.05) is 45.4 Å². The van der Waals surface area contributed by atoms with Gasteiger partial charge in [0, 0.05) is 18.7 Å². The molecule has 0 aliphatic carbocycles. The fourth-order valence-electron chi connectivity index (χ4n) is 2.31. The molecule has 0 spiro atoms. The molecule has 0 fully saturated rings. The van der Waals surface area contributed by atoms with Crippen LogP contribution in [0, 0.1) is 0 Å². The minimum atomic E-state index is 0.106. The molecule has 3 heteroatoms. The Morgan fingerprint density at radius 1 is 1.24 bits per heavy atom. The first-order chi connectivity index (χ1) is 10.1. The van der Waals surface area contributed by atoms with Gasteiger partial charge in [0.1, 0.15) is 0 Å². The van der Waals surface area contributed by atoms with E-state index < -0.39 is 0 Å². The Balaban J connectivity index is 2.51. The van der Waals surface area contributed by atoms with Crippen LogP contribution in [-0.4, -0.2) is 30.9 Å². The molecular formula is C18H30N2O. The summed E-state index contributed by atoms with van der Waals surface area (Å²) in [7, 11) is 2.08. The lowest BCUT2D eigenvalue weighted by molar-refractivity contribution is -0.116. The van der Waals surface area contributed by atoms with Crippen molar-refractivity contribution in [1.82, 2.24) is 4.90 Å². The number of para-hydroxylation sites is 1. The van der Waals surface area contributed by atoms with Crippen molar-refractivity contribution in [2.45, 2.75) is 52.4 Å². The van der Waals surface area contributed by atoms with E-state index in [1.165, 1.54) is 18.4 Å². The summed E-state index contributed by atoms with van der Waals surface area (Å²) in [5, 5.41) is 3.07. The molecule has 0 saturated carbocycles. The minimum absolute atomic E-state index is 0.106. The number of amides is 1. The normalized spacial score (nSPS) is 12.4. The Morgan fingerprint density at radius 2 is 1.95 bits per heavy atom. The highest BCUT2D eigenvalue weighted by molar-refractivity contribution is 5.91. The van der Waals surface area contributed by atoms with E-state index in [1.807, 2.05) is 18.2 Å². The number of nitrogens with zero attached hydrogens (tertiary/aromatic N) is 1. The first kappa shape index (κ1) is 17.7. The van der Waals surface area contributed by atoms with Gasteiger partial charge in [-0.15, -0.1) is 0 Å². The maximum absolute atomic E-state index is 12.1. The molecule has 21 heavy (non-hydrogen) atoms. The van der Waals surface area contributed by atoms with Gasteiger partial charge < -0.3 is 10.2 Å². The molecule has 1 atom stereocenters. The van der Waals surface area contributed by atoms with Gasteiger partial charge in [0.2, 0.25) is 5.91 Å². The summed E-state index contributed by atoms with van der Waals surface area (Å²) in [6, 6.07) is 8.13. The summed E-state index contributed by atoms with van der Waals surface area (Å²) in [5.74, 6) is 0.572. The first-order valence-electron chi connectivity index (χ1n) is 8.15. The molecule has 3 nitrogen and oxygen atoms in total. The number of carbonyl (C=O) groups is 1. The summed E-state index contributed by atoms with van der Waals surface area (Å²) in [6.45, 7) is 8.44. The Labute approximate surface area is 129 Å². The van der Waals surface area contributed by atoms with Crippen molar-refractivity contribution in [3.8, 4) is 0 Å². The second kappa shape index (κ2) is 9.56. The van der Waals surface area contributed by atoms with Crippen LogP contribution in [0.15, 0.2) is 24.3 Å². The first-order valence-corrected chi connectivity index (χ1v) is 8.15. The number of hydrogen-bond acceptors (Lipinski definition) is 2. The fraction of sp³-hybridized carbons (Fsp3) is 0.611. The van der Waals surface area contributed by atoms with Crippen molar-refractivity contribution in [2.75, 3.05) is 25.5 Å². The van der Waals surface area contributed by atoms with E-state index in [-0.39, 0.29) is 5.91 Å². The highest BCUT2D eigenvalue weighted by Crippen LogP contribution is 2.26. The van der Waals surface area contributed by atoms with Crippen LogP contribution >= 0.6 is 0 Å². The third-order valence-electron chi connectivity index (χ3n) is 3.99. The van der Waals surface area contributed by atoms with E-state index in [4.69, 9.17) is 0 Å². The van der Waals surface area contributed by atoms with E-state index in [9.17, 15) is 4.79 Å². The van der Waals surface area contributed by atoms with Gasteiger partial charge in [0.05, 0.1) is 0 Å². The Bertz CT molecular complexity index is 431. The maximum atomic E-state index is 12.1. The zero-order valence-corrected chi connectivity index (χ0v) is 14.0. The molecule has 0 aliphatic rings. The van der Waals surface area contributed by atoms with E-state index in [0.717, 1.165) is 25.2 Å². The van der Waals surface area contributed by atoms with E-state index >= 15 is 0 Å². The van der Waals surface area contributed by atoms with Gasteiger partial charge in [-0.05, 0) is 44.0 Å². The average molecular weight is 290 g/mol. The van der Waals surface area contributed by atoms with Crippen molar-refractivity contribution in [3.63, 3.8) is 0 Å². The number of benzene rings is 1. The number of unbranched alkanes of at least 4 members (excludes halogenated alkanes) is 1. The molecule has 1 N–H and O–H groups in total. The molecule has 1 amide bonds. The molecule has 118 valence electrons. The Hall–Kier alpha value is -1.35. The molecule has 1 aromatic rings. The van der Waals surface area contributed by atoms with Crippen LogP contribution in [0.4, 0.5) is 5.69 Å². The van der Waals surface area contributed by atoms with Gasteiger partial charge in [0.25, 0.3) is 0 Å². The van der Waals surface area contributed by atoms with E-state index in [1.54, 1.807) is 0 Å². The molecule has 0 bridgehead atoms. The van der Waals surface area contributed by atoms with Gasteiger partial charge >= 0.3 is 0 Å². The quantitative estimate of drug-likeness (QED) is 0.737. The summed E-state index contributed by atoms with van der Waals surface area (Å²) in [6.07, 6.45) is 4.01. The zero-order chi connectivity index (χ0) is 15.7. The lowest BCUT2D eigenvalue weighted by Crippen LogP contribution is -2.25. The molecule has 0 aliphatic heterocycles. The van der Waals surface area contributed by atoms with Crippen molar-refractivity contribution >= 4 is 11.6 Å². The zero-order valence-electron chi connectivity index (χ0n) is 14.0. The topological polar surface area (TPSA) is 32.3 Å². The predicted molar refractivity (Wildman–Crippen MR) is 90.8 cm³/mol. The van der Waals surface area contributed by atoms with Gasteiger partial charge in [-0.3, -0.25) is 4.79 Å². The standard InChI is InChI=1S/C18H30N2O/c1-5-7-13-20(4)14-12-18(21)19-17-11-9-8-10-16(17)15(3)6-2/h8-11,15H,5-7,12-14H2,1-4H3,(H,19,21). The van der Waals surface area contributed by atoms with Crippen LogP contribution in [0.1, 0.15) is 57.9 Å². The van der Waals surface area contributed by atoms with Crippen LogP contribution in [0.25, 0.3) is 0 Å². The highest BCUT2D eigenvalue weighted by Gasteiger charge is 2.11. The second-order valence-electron chi connectivity index (χ2n) is 5.85. The van der Waals surface area contributed by atoms with Gasteiger partial charge in [-0.2, -0.15) is 0 Å². The molecule has 0 heterocycles. The number of hydrogen-bond donors (Lipinski definition) is 1. The van der Waals surface area contributed by atoms with Crippen LogP contribution in [0.5, 0.6) is 0 Å². The van der Waals surface area contributed by atoms with Crippen molar-refractivity contribution in [1.29, 1.82) is 0 Å². The number of nitrogens with one attached hydrogen (secondary N) is 1. The van der Waals surface area contributed by atoms with Crippen LogP contribution < -0.4 is 5.32 Å². The summed E-state index contributed by atoms with van der Waals surface area (Å²) >= 11 is 0. The third kappa shape index (κ3) is 6.30. The summed E-state index contributed by atoms with van der Waals surface area (Å²) < 4.78 is 0. The maximum Gasteiger partial charge on any atom is 0.225 e. The Kier molecular flexibility index (Phi) is 8.06. The Morgan fingerprint density at radius 3 is 2.62 bits per heavy atom. The minimum Gasteiger partial charge on any atom is -0.326 e.